The Morgan fingerprint density at radius 3 is 0.803 bits per heavy atom. The largest absolute Gasteiger partial charge is 0.462 e. The van der Waals surface area contributed by atoms with E-state index in [0.29, 0.717) is 19.3 Å². The molecule has 0 radical (unpaired) electrons. The summed E-state index contributed by atoms with van der Waals surface area (Å²) >= 11 is 0. The molecule has 76 heavy (non-hydrogen) atoms. The molecule has 0 aliphatic heterocycles. The summed E-state index contributed by atoms with van der Waals surface area (Å²) in [6.45, 7) is 6.58. The minimum absolute atomic E-state index is 0.0690. The Hall–Kier alpha value is -2.89. The normalized spacial score (nSPS) is 12.4. The molecule has 0 N–H and O–H groups in total. The molecular formula is C70H126O6. The number of ether oxygens (including phenoxy) is 3. The lowest BCUT2D eigenvalue weighted by atomic mass is 10.0. The van der Waals surface area contributed by atoms with Crippen molar-refractivity contribution < 1.29 is 28.6 Å². The highest BCUT2D eigenvalue weighted by Gasteiger charge is 2.19. The maximum atomic E-state index is 12.9. The van der Waals surface area contributed by atoms with Gasteiger partial charge in [-0.2, -0.15) is 0 Å². The van der Waals surface area contributed by atoms with Gasteiger partial charge in [0.05, 0.1) is 0 Å². The van der Waals surface area contributed by atoms with E-state index in [0.717, 1.165) is 89.9 Å². The Labute approximate surface area is 472 Å². The van der Waals surface area contributed by atoms with Crippen LogP contribution >= 0.6 is 0 Å². The van der Waals surface area contributed by atoms with E-state index in [1.54, 1.807) is 0 Å². The molecule has 0 aliphatic carbocycles. The maximum Gasteiger partial charge on any atom is 0.306 e. The first-order chi connectivity index (χ1) is 37.5. The minimum atomic E-state index is -0.772. The molecular weight excluding hydrogens is 937 g/mol. The number of rotatable bonds is 61. The van der Waals surface area contributed by atoms with Crippen LogP contribution in [0.1, 0.15) is 348 Å². The first kappa shape index (κ1) is 73.1. The molecule has 0 aromatic carbocycles. The number of carbonyl (C=O) groups is 3. The SMILES string of the molecule is CC/C=C\C/C=C\C/C=C\C/C=C\C/C=C\CCCCCCCCCCCCCC(=O)OCC(COC(=O)CCCCCCCCCCCCCC)OC(=O)CCCCCCCCCCCCCCCCCCCCC. The molecule has 0 amide bonds. The van der Waals surface area contributed by atoms with Crippen LogP contribution in [-0.4, -0.2) is 37.2 Å². The predicted molar refractivity (Wildman–Crippen MR) is 330 cm³/mol. The fourth-order valence-electron chi connectivity index (χ4n) is 9.83. The van der Waals surface area contributed by atoms with Gasteiger partial charge in [-0.25, -0.2) is 0 Å². The van der Waals surface area contributed by atoms with Gasteiger partial charge in [0.1, 0.15) is 13.2 Å². The summed E-state index contributed by atoms with van der Waals surface area (Å²) in [5.74, 6) is -0.849. The Morgan fingerprint density at radius 2 is 0.513 bits per heavy atom. The smallest absolute Gasteiger partial charge is 0.306 e. The molecule has 0 rings (SSSR count). The monoisotopic (exact) mass is 1060 g/mol. The van der Waals surface area contributed by atoms with Crippen molar-refractivity contribution in [1.82, 2.24) is 0 Å². The highest BCUT2D eigenvalue weighted by Crippen LogP contribution is 2.18. The molecule has 0 fully saturated rings. The summed E-state index contributed by atoms with van der Waals surface area (Å²) in [4.78, 5) is 38.3. The van der Waals surface area contributed by atoms with Crippen LogP contribution < -0.4 is 0 Å². The zero-order valence-corrected chi connectivity index (χ0v) is 50.8. The van der Waals surface area contributed by atoms with Crippen molar-refractivity contribution in [3.8, 4) is 0 Å². The highest BCUT2D eigenvalue weighted by atomic mass is 16.6. The lowest BCUT2D eigenvalue weighted by Gasteiger charge is -2.18. The predicted octanol–water partition coefficient (Wildman–Crippen LogP) is 22.7. The molecule has 6 heteroatoms. The highest BCUT2D eigenvalue weighted by molar-refractivity contribution is 5.71. The average molecular weight is 1060 g/mol. The Kier molecular flexibility index (Phi) is 62.2. The Balaban J connectivity index is 4.24. The molecule has 0 spiro atoms. The molecule has 0 saturated carbocycles. The second-order valence-corrected chi connectivity index (χ2v) is 22.4. The van der Waals surface area contributed by atoms with Gasteiger partial charge in [-0.05, 0) is 64.2 Å². The van der Waals surface area contributed by atoms with E-state index in [4.69, 9.17) is 14.2 Å². The van der Waals surface area contributed by atoms with E-state index >= 15 is 0 Å². The molecule has 6 nitrogen and oxygen atoms in total. The lowest BCUT2D eigenvalue weighted by Crippen LogP contribution is -2.30. The summed E-state index contributed by atoms with van der Waals surface area (Å²) in [6.07, 6.45) is 82.3. The molecule has 0 aliphatic rings. The number of carbonyl (C=O) groups excluding carboxylic acids is 3. The molecule has 0 bridgehead atoms. The third-order valence-electron chi connectivity index (χ3n) is 14.8. The van der Waals surface area contributed by atoms with Gasteiger partial charge in [0.25, 0.3) is 0 Å². The van der Waals surface area contributed by atoms with Crippen molar-refractivity contribution in [3.63, 3.8) is 0 Å². The van der Waals surface area contributed by atoms with E-state index in [1.165, 1.54) is 218 Å². The zero-order valence-electron chi connectivity index (χ0n) is 50.8. The maximum absolute atomic E-state index is 12.9. The quantitative estimate of drug-likeness (QED) is 0.0261. The van der Waals surface area contributed by atoms with E-state index in [-0.39, 0.29) is 31.1 Å². The van der Waals surface area contributed by atoms with Crippen LogP contribution in [0.15, 0.2) is 60.8 Å². The van der Waals surface area contributed by atoms with Gasteiger partial charge in [0, 0.05) is 19.3 Å². The van der Waals surface area contributed by atoms with Gasteiger partial charge in [-0.15, -0.1) is 0 Å². The first-order valence-electron chi connectivity index (χ1n) is 33.3. The summed E-state index contributed by atoms with van der Waals surface area (Å²) < 4.78 is 17.0. The van der Waals surface area contributed by atoms with Gasteiger partial charge < -0.3 is 14.2 Å². The van der Waals surface area contributed by atoms with Gasteiger partial charge in [0.15, 0.2) is 6.10 Å². The average Bonchev–Trinajstić information content (AvgIpc) is 3.42. The summed E-state index contributed by atoms with van der Waals surface area (Å²) in [6, 6.07) is 0. The van der Waals surface area contributed by atoms with Crippen molar-refractivity contribution in [2.24, 2.45) is 0 Å². The van der Waals surface area contributed by atoms with Crippen LogP contribution in [0.25, 0.3) is 0 Å². The minimum Gasteiger partial charge on any atom is -0.462 e. The van der Waals surface area contributed by atoms with E-state index in [1.807, 2.05) is 0 Å². The third kappa shape index (κ3) is 62.0. The molecule has 0 aromatic rings. The van der Waals surface area contributed by atoms with E-state index in [9.17, 15) is 14.4 Å². The Bertz CT molecular complexity index is 1360. The lowest BCUT2D eigenvalue weighted by molar-refractivity contribution is -0.167. The fourth-order valence-corrected chi connectivity index (χ4v) is 9.83. The van der Waals surface area contributed by atoms with Gasteiger partial charge in [0.2, 0.25) is 0 Å². The number of hydrogen-bond acceptors (Lipinski definition) is 6. The number of allylic oxidation sites excluding steroid dienone is 10. The first-order valence-corrected chi connectivity index (χ1v) is 33.3. The molecule has 0 saturated heterocycles. The van der Waals surface area contributed by atoms with Gasteiger partial charge in [-0.1, -0.05) is 326 Å². The van der Waals surface area contributed by atoms with Gasteiger partial charge in [-0.3, -0.25) is 14.4 Å². The number of esters is 3. The Morgan fingerprint density at radius 1 is 0.276 bits per heavy atom. The van der Waals surface area contributed by atoms with Crippen LogP contribution in [0.4, 0.5) is 0 Å². The second-order valence-electron chi connectivity index (χ2n) is 22.4. The third-order valence-corrected chi connectivity index (χ3v) is 14.8. The van der Waals surface area contributed by atoms with Crippen molar-refractivity contribution in [2.45, 2.75) is 354 Å². The summed E-state index contributed by atoms with van der Waals surface area (Å²) in [7, 11) is 0. The van der Waals surface area contributed by atoms with Gasteiger partial charge >= 0.3 is 17.9 Å². The van der Waals surface area contributed by atoms with Crippen LogP contribution in [0.5, 0.6) is 0 Å². The standard InChI is InChI=1S/C70H126O6/c1-4-7-10-13-16-19-22-25-27-29-31-32-33-34-35-36-37-38-40-41-43-45-48-51-54-57-60-63-69(72)75-66-67(65-74-68(71)62-59-56-53-50-47-24-21-18-15-12-9-6-3)76-70(73)64-61-58-55-52-49-46-44-42-39-30-28-26-23-20-17-14-11-8-5-2/h7,10,16,19,25,27,31-32,34-35,67H,4-6,8-9,11-15,17-18,20-24,26,28-30,33,36-66H2,1-3H3/b10-7-,19-16-,27-25-,32-31-,35-34-. The molecule has 1 atom stereocenters. The van der Waals surface area contributed by atoms with Crippen LogP contribution in [-0.2, 0) is 28.6 Å². The molecule has 1 unspecified atom stereocenters. The van der Waals surface area contributed by atoms with Crippen molar-refractivity contribution in [3.05, 3.63) is 60.8 Å². The number of hydrogen-bond donors (Lipinski definition) is 0. The molecule has 442 valence electrons. The molecule has 0 aromatic heterocycles. The van der Waals surface area contributed by atoms with Crippen molar-refractivity contribution >= 4 is 17.9 Å². The van der Waals surface area contributed by atoms with Crippen LogP contribution in [0, 0.1) is 0 Å². The van der Waals surface area contributed by atoms with Crippen LogP contribution in [0.2, 0.25) is 0 Å². The topological polar surface area (TPSA) is 78.9 Å². The van der Waals surface area contributed by atoms with E-state index in [2.05, 4.69) is 81.5 Å². The second kappa shape index (κ2) is 64.6. The summed E-state index contributed by atoms with van der Waals surface area (Å²) in [5, 5.41) is 0. The van der Waals surface area contributed by atoms with Crippen LogP contribution in [0.3, 0.4) is 0 Å². The van der Waals surface area contributed by atoms with Crippen molar-refractivity contribution in [1.29, 1.82) is 0 Å². The van der Waals surface area contributed by atoms with Crippen molar-refractivity contribution in [2.75, 3.05) is 13.2 Å². The molecule has 0 heterocycles. The van der Waals surface area contributed by atoms with E-state index < -0.39 is 6.10 Å². The summed E-state index contributed by atoms with van der Waals surface area (Å²) in [5.41, 5.74) is 0. The zero-order chi connectivity index (χ0) is 55.0. The number of unbranched alkanes of at least 4 members (excludes halogenated alkanes) is 40. The fraction of sp³-hybridized carbons (Fsp3) is 0.814.